The topological polar surface area (TPSA) is 17.8 Å². The molecule has 1 aromatic heterocycles. The zero-order valence-corrected chi connectivity index (χ0v) is 6.74. The summed E-state index contributed by atoms with van der Waals surface area (Å²) in [7, 11) is 0. The van der Waals surface area contributed by atoms with E-state index in [-0.39, 0.29) is 0 Å². The monoisotopic (exact) mass is 177 g/mol. The standard InChI is InChI=1S/C7H8F3N2/c1-5-6(2)12(4-11-5)3-7(8,9)10/h3H2,1-2H3. The Morgan fingerprint density at radius 3 is 2.33 bits per heavy atom. The predicted molar refractivity (Wildman–Crippen MR) is 36.6 cm³/mol. The first-order chi connectivity index (χ1) is 5.40. The average Bonchev–Trinajstić information content (AvgIpc) is 2.16. The van der Waals surface area contributed by atoms with Crippen LogP contribution in [0.4, 0.5) is 13.2 Å². The average molecular weight is 177 g/mol. The van der Waals surface area contributed by atoms with Crippen molar-refractivity contribution in [2.45, 2.75) is 26.6 Å². The molecule has 0 aliphatic rings. The van der Waals surface area contributed by atoms with Crippen molar-refractivity contribution in [3.8, 4) is 0 Å². The van der Waals surface area contributed by atoms with E-state index in [1.165, 1.54) is 0 Å². The molecule has 0 saturated heterocycles. The summed E-state index contributed by atoms with van der Waals surface area (Å²) in [5.74, 6) is 0. The van der Waals surface area contributed by atoms with Crippen LogP contribution in [0.1, 0.15) is 11.4 Å². The van der Waals surface area contributed by atoms with Crippen LogP contribution >= 0.6 is 0 Å². The van der Waals surface area contributed by atoms with Gasteiger partial charge in [-0.25, -0.2) is 4.98 Å². The smallest absolute Gasteiger partial charge is 0.316 e. The molecular weight excluding hydrogens is 169 g/mol. The zero-order chi connectivity index (χ0) is 9.35. The lowest BCUT2D eigenvalue weighted by atomic mass is 10.4. The van der Waals surface area contributed by atoms with Gasteiger partial charge in [-0.2, -0.15) is 13.2 Å². The van der Waals surface area contributed by atoms with Crippen molar-refractivity contribution < 1.29 is 13.2 Å². The quantitative estimate of drug-likeness (QED) is 0.640. The summed E-state index contributed by atoms with van der Waals surface area (Å²) >= 11 is 0. The number of aromatic nitrogens is 2. The second kappa shape index (κ2) is 2.80. The third-order valence-electron chi connectivity index (χ3n) is 1.60. The van der Waals surface area contributed by atoms with Gasteiger partial charge in [0.15, 0.2) is 6.33 Å². The summed E-state index contributed by atoms with van der Waals surface area (Å²) in [6.07, 6.45) is -1.92. The molecule has 0 bridgehead atoms. The summed E-state index contributed by atoms with van der Waals surface area (Å²) in [4.78, 5) is 3.64. The van der Waals surface area contributed by atoms with Gasteiger partial charge in [0.1, 0.15) is 6.54 Å². The van der Waals surface area contributed by atoms with Crippen LogP contribution < -0.4 is 0 Å². The number of halogens is 3. The van der Waals surface area contributed by atoms with E-state index in [0.29, 0.717) is 11.4 Å². The maximum Gasteiger partial charge on any atom is 0.406 e. The number of rotatable bonds is 1. The first-order valence-electron chi connectivity index (χ1n) is 3.38. The van der Waals surface area contributed by atoms with Crippen molar-refractivity contribution in [3.05, 3.63) is 17.7 Å². The Morgan fingerprint density at radius 1 is 1.42 bits per heavy atom. The highest BCUT2D eigenvalue weighted by molar-refractivity contribution is 5.07. The third-order valence-corrected chi connectivity index (χ3v) is 1.60. The molecule has 0 unspecified atom stereocenters. The van der Waals surface area contributed by atoms with Gasteiger partial charge in [-0.1, -0.05) is 0 Å². The van der Waals surface area contributed by atoms with Crippen molar-refractivity contribution in [1.29, 1.82) is 0 Å². The predicted octanol–water partition coefficient (Wildman–Crippen LogP) is 1.86. The molecule has 0 aliphatic carbocycles. The minimum absolute atomic E-state index is 0.507. The summed E-state index contributed by atoms with van der Waals surface area (Å²) < 4.78 is 36.6. The van der Waals surface area contributed by atoms with Gasteiger partial charge in [-0.3, -0.25) is 0 Å². The second-order valence-electron chi connectivity index (χ2n) is 2.58. The van der Waals surface area contributed by atoms with Gasteiger partial charge < -0.3 is 4.57 Å². The molecule has 0 amide bonds. The molecule has 1 aromatic rings. The van der Waals surface area contributed by atoms with Crippen molar-refractivity contribution in [2.75, 3.05) is 0 Å². The number of hydrogen-bond donors (Lipinski definition) is 0. The molecule has 2 nitrogen and oxygen atoms in total. The Kier molecular flexibility index (Phi) is 2.12. The van der Waals surface area contributed by atoms with E-state index in [1.807, 2.05) is 0 Å². The van der Waals surface area contributed by atoms with E-state index in [1.54, 1.807) is 13.8 Å². The van der Waals surface area contributed by atoms with Gasteiger partial charge in [0.25, 0.3) is 0 Å². The summed E-state index contributed by atoms with van der Waals surface area (Å²) in [6.45, 7) is 2.23. The van der Waals surface area contributed by atoms with Crippen LogP contribution in [0.3, 0.4) is 0 Å². The molecular formula is C7H8F3N2. The normalized spacial score (nSPS) is 12.1. The minimum Gasteiger partial charge on any atom is -0.316 e. The fraction of sp³-hybridized carbons (Fsp3) is 0.571. The number of imidazole rings is 1. The Morgan fingerprint density at radius 2 is 2.00 bits per heavy atom. The van der Waals surface area contributed by atoms with Gasteiger partial charge in [0.05, 0.1) is 5.69 Å². The molecule has 0 aliphatic heterocycles. The number of alkyl halides is 3. The van der Waals surface area contributed by atoms with Crippen LogP contribution in [-0.2, 0) is 6.54 Å². The van der Waals surface area contributed by atoms with Crippen LogP contribution in [-0.4, -0.2) is 15.7 Å². The van der Waals surface area contributed by atoms with E-state index in [2.05, 4.69) is 11.3 Å². The molecule has 0 saturated carbocycles. The van der Waals surface area contributed by atoms with Crippen LogP contribution in [0.15, 0.2) is 0 Å². The SMILES string of the molecule is Cc1n[c]n(CC(F)(F)F)c1C. The molecule has 67 valence electrons. The molecule has 0 spiro atoms. The fourth-order valence-corrected chi connectivity index (χ4v) is 0.820. The summed E-state index contributed by atoms with van der Waals surface area (Å²) in [6, 6.07) is 0. The van der Waals surface area contributed by atoms with E-state index in [0.717, 1.165) is 4.57 Å². The largest absolute Gasteiger partial charge is 0.406 e. The molecule has 12 heavy (non-hydrogen) atoms. The Hall–Kier alpha value is -1.00. The van der Waals surface area contributed by atoms with E-state index < -0.39 is 12.7 Å². The highest BCUT2D eigenvalue weighted by Gasteiger charge is 2.28. The van der Waals surface area contributed by atoms with Crippen LogP contribution in [0.5, 0.6) is 0 Å². The molecule has 1 radical (unpaired) electrons. The summed E-state index contributed by atoms with van der Waals surface area (Å²) in [5, 5.41) is 0. The van der Waals surface area contributed by atoms with Gasteiger partial charge >= 0.3 is 6.18 Å². The lowest BCUT2D eigenvalue weighted by Gasteiger charge is -2.07. The van der Waals surface area contributed by atoms with E-state index >= 15 is 0 Å². The second-order valence-corrected chi connectivity index (χ2v) is 2.58. The van der Waals surface area contributed by atoms with E-state index in [9.17, 15) is 13.2 Å². The molecule has 0 N–H and O–H groups in total. The molecule has 5 heteroatoms. The highest BCUT2D eigenvalue weighted by atomic mass is 19.4. The Balaban J connectivity index is 2.83. The Bertz CT molecular complexity index is 275. The van der Waals surface area contributed by atoms with Crippen LogP contribution in [0.2, 0.25) is 0 Å². The zero-order valence-electron chi connectivity index (χ0n) is 6.74. The summed E-state index contributed by atoms with van der Waals surface area (Å²) in [5.41, 5.74) is 1.09. The van der Waals surface area contributed by atoms with Gasteiger partial charge in [0.2, 0.25) is 0 Å². The molecule has 0 aromatic carbocycles. The highest BCUT2D eigenvalue weighted by Crippen LogP contribution is 2.18. The third kappa shape index (κ3) is 1.99. The maximum absolute atomic E-state index is 11.9. The lowest BCUT2D eigenvalue weighted by molar-refractivity contribution is -0.141. The van der Waals surface area contributed by atoms with Gasteiger partial charge in [-0.15, -0.1) is 0 Å². The number of nitrogens with zero attached hydrogens (tertiary/aromatic N) is 2. The number of hydrogen-bond acceptors (Lipinski definition) is 1. The number of aryl methyl sites for hydroxylation is 1. The maximum atomic E-state index is 11.9. The molecule has 0 atom stereocenters. The Labute approximate surface area is 68.0 Å². The first-order valence-corrected chi connectivity index (χ1v) is 3.38. The lowest BCUT2D eigenvalue weighted by Crippen LogP contribution is -2.18. The molecule has 0 fully saturated rings. The van der Waals surface area contributed by atoms with Crippen molar-refractivity contribution in [3.63, 3.8) is 0 Å². The minimum atomic E-state index is -4.20. The van der Waals surface area contributed by atoms with Crippen LogP contribution in [0, 0.1) is 20.2 Å². The van der Waals surface area contributed by atoms with Crippen molar-refractivity contribution in [1.82, 2.24) is 9.55 Å². The van der Waals surface area contributed by atoms with Gasteiger partial charge in [0, 0.05) is 5.69 Å². The van der Waals surface area contributed by atoms with Gasteiger partial charge in [-0.05, 0) is 13.8 Å². The molecule has 1 heterocycles. The first kappa shape index (κ1) is 9.09. The van der Waals surface area contributed by atoms with Crippen molar-refractivity contribution >= 4 is 0 Å². The fourth-order valence-electron chi connectivity index (χ4n) is 0.820. The van der Waals surface area contributed by atoms with Crippen molar-refractivity contribution in [2.24, 2.45) is 0 Å². The molecule has 1 rings (SSSR count). The van der Waals surface area contributed by atoms with Crippen LogP contribution in [0.25, 0.3) is 0 Å². The van der Waals surface area contributed by atoms with E-state index in [4.69, 9.17) is 0 Å².